The molecule has 0 aliphatic heterocycles. The summed E-state index contributed by atoms with van der Waals surface area (Å²) in [6, 6.07) is 4.55. The summed E-state index contributed by atoms with van der Waals surface area (Å²) in [7, 11) is 0. The lowest BCUT2D eigenvalue weighted by Crippen LogP contribution is -2.47. The number of carbonyl (C=O) groups is 1. The second-order valence-electron chi connectivity index (χ2n) is 5.46. The fourth-order valence-corrected chi connectivity index (χ4v) is 3.60. The molecule has 0 spiro atoms. The van der Waals surface area contributed by atoms with Crippen molar-refractivity contribution in [2.24, 2.45) is 0 Å². The highest BCUT2D eigenvalue weighted by Gasteiger charge is 2.34. The van der Waals surface area contributed by atoms with Gasteiger partial charge in [-0.1, -0.05) is 0 Å². The first-order valence-electron chi connectivity index (χ1n) is 6.68. The third-order valence-corrected chi connectivity index (χ3v) is 5.24. The first-order chi connectivity index (χ1) is 9.48. The number of amides is 1. The van der Waals surface area contributed by atoms with Gasteiger partial charge in [0.2, 0.25) is 0 Å². The number of rotatable bonds is 3. The maximum atomic E-state index is 13.3. The van der Waals surface area contributed by atoms with Gasteiger partial charge in [-0.05, 0) is 55.3 Å². The fourth-order valence-electron chi connectivity index (χ4n) is 2.50. The molecule has 0 radical (unpaired) electrons. The summed E-state index contributed by atoms with van der Waals surface area (Å²) in [6.45, 7) is 2.11. The monoisotopic (exact) mass is 293 g/mol. The standard InChI is InChI=1S/C15H16FNO2S/c1-9-11-7-10(16)3-4-12(11)20-13(9)14(18)17-8-15(19)5-2-6-15/h3-4,7,19H,2,5-6,8H2,1H3,(H,17,18). The zero-order valence-corrected chi connectivity index (χ0v) is 12.0. The molecule has 0 saturated heterocycles. The first-order valence-corrected chi connectivity index (χ1v) is 7.49. The van der Waals surface area contributed by atoms with E-state index < -0.39 is 5.60 Å². The third-order valence-electron chi connectivity index (χ3n) is 3.97. The molecule has 3 rings (SSSR count). The van der Waals surface area contributed by atoms with Crippen molar-refractivity contribution in [3.8, 4) is 0 Å². The highest BCUT2D eigenvalue weighted by atomic mass is 32.1. The second kappa shape index (κ2) is 4.82. The van der Waals surface area contributed by atoms with Gasteiger partial charge in [-0.15, -0.1) is 11.3 Å². The van der Waals surface area contributed by atoms with Gasteiger partial charge in [0.05, 0.1) is 10.5 Å². The highest BCUT2D eigenvalue weighted by molar-refractivity contribution is 7.21. The van der Waals surface area contributed by atoms with E-state index in [-0.39, 0.29) is 18.3 Å². The number of nitrogens with one attached hydrogen (secondary N) is 1. The predicted octanol–water partition coefficient (Wildman–Crippen LogP) is 2.99. The summed E-state index contributed by atoms with van der Waals surface area (Å²) in [5.41, 5.74) is 0.0643. The maximum absolute atomic E-state index is 13.3. The summed E-state index contributed by atoms with van der Waals surface area (Å²) in [4.78, 5) is 12.8. The number of thiophene rings is 1. The summed E-state index contributed by atoms with van der Waals surface area (Å²) in [5, 5.41) is 13.6. The van der Waals surface area contributed by atoms with Crippen LogP contribution in [0.1, 0.15) is 34.5 Å². The van der Waals surface area contributed by atoms with Crippen molar-refractivity contribution in [2.45, 2.75) is 31.8 Å². The van der Waals surface area contributed by atoms with Crippen molar-refractivity contribution >= 4 is 27.3 Å². The molecule has 2 N–H and O–H groups in total. The Hall–Kier alpha value is -1.46. The topological polar surface area (TPSA) is 49.3 Å². The first kappa shape index (κ1) is 13.5. The Morgan fingerprint density at radius 2 is 2.25 bits per heavy atom. The molecule has 1 amide bonds. The largest absolute Gasteiger partial charge is 0.388 e. The van der Waals surface area contributed by atoms with Gasteiger partial charge in [0.25, 0.3) is 5.91 Å². The average Bonchev–Trinajstić information content (AvgIpc) is 2.71. The van der Waals surface area contributed by atoms with Crippen molar-refractivity contribution in [2.75, 3.05) is 6.54 Å². The Morgan fingerprint density at radius 1 is 1.50 bits per heavy atom. The van der Waals surface area contributed by atoms with Crippen LogP contribution in [-0.2, 0) is 0 Å². The third kappa shape index (κ3) is 2.31. The number of hydrogen-bond acceptors (Lipinski definition) is 3. The molecule has 1 aromatic carbocycles. The smallest absolute Gasteiger partial charge is 0.261 e. The molecular weight excluding hydrogens is 277 g/mol. The summed E-state index contributed by atoms with van der Waals surface area (Å²) in [5.74, 6) is -0.487. The van der Waals surface area contributed by atoms with Gasteiger partial charge in [0, 0.05) is 11.2 Å². The van der Waals surface area contributed by atoms with Crippen LogP contribution in [0, 0.1) is 12.7 Å². The zero-order chi connectivity index (χ0) is 14.3. The lowest BCUT2D eigenvalue weighted by Gasteiger charge is -2.36. The van der Waals surface area contributed by atoms with E-state index in [0.717, 1.165) is 34.9 Å². The van der Waals surface area contributed by atoms with Crippen LogP contribution in [0.4, 0.5) is 4.39 Å². The van der Waals surface area contributed by atoms with E-state index >= 15 is 0 Å². The molecule has 1 aliphatic rings. The summed E-state index contributed by atoms with van der Waals surface area (Å²) in [6.07, 6.45) is 2.49. The van der Waals surface area contributed by atoms with Crippen LogP contribution < -0.4 is 5.32 Å². The Bertz CT molecular complexity index is 676. The lowest BCUT2D eigenvalue weighted by molar-refractivity contribution is -0.0300. The second-order valence-corrected chi connectivity index (χ2v) is 6.51. The van der Waals surface area contributed by atoms with E-state index in [0.29, 0.717) is 4.88 Å². The van der Waals surface area contributed by atoms with Gasteiger partial charge in [-0.25, -0.2) is 4.39 Å². The van der Waals surface area contributed by atoms with Crippen LogP contribution in [0.3, 0.4) is 0 Å². The lowest BCUT2D eigenvalue weighted by atomic mass is 9.80. The summed E-state index contributed by atoms with van der Waals surface area (Å²) >= 11 is 1.36. The number of hydrogen-bond donors (Lipinski definition) is 2. The van der Waals surface area contributed by atoms with Crippen molar-refractivity contribution in [3.05, 3.63) is 34.5 Å². The maximum Gasteiger partial charge on any atom is 0.261 e. The number of aliphatic hydroxyl groups is 1. The van der Waals surface area contributed by atoms with E-state index in [4.69, 9.17) is 0 Å². The molecule has 3 nitrogen and oxygen atoms in total. The highest BCUT2D eigenvalue weighted by Crippen LogP contribution is 2.33. The Kier molecular flexibility index (Phi) is 3.26. The number of benzene rings is 1. The molecule has 1 heterocycles. The van der Waals surface area contributed by atoms with Gasteiger partial charge < -0.3 is 10.4 Å². The van der Waals surface area contributed by atoms with E-state index in [9.17, 15) is 14.3 Å². The molecule has 106 valence electrons. The van der Waals surface area contributed by atoms with Gasteiger partial charge >= 0.3 is 0 Å². The van der Waals surface area contributed by atoms with Gasteiger partial charge in [0.15, 0.2) is 0 Å². The number of carbonyl (C=O) groups excluding carboxylic acids is 1. The molecule has 5 heteroatoms. The van der Waals surface area contributed by atoms with Gasteiger partial charge in [-0.2, -0.15) is 0 Å². The molecule has 0 atom stereocenters. The van der Waals surface area contributed by atoms with Crippen LogP contribution in [0.5, 0.6) is 0 Å². The van der Waals surface area contributed by atoms with Crippen molar-refractivity contribution in [1.82, 2.24) is 5.32 Å². The van der Waals surface area contributed by atoms with Crippen LogP contribution >= 0.6 is 11.3 Å². The van der Waals surface area contributed by atoms with Crippen LogP contribution in [-0.4, -0.2) is 23.2 Å². The van der Waals surface area contributed by atoms with E-state index in [1.165, 1.54) is 23.5 Å². The van der Waals surface area contributed by atoms with Gasteiger partial charge in [-0.3, -0.25) is 4.79 Å². The Morgan fingerprint density at radius 3 is 2.90 bits per heavy atom. The van der Waals surface area contributed by atoms with Crippen molar-refractivity contribution in [3.63, 3.8) is 0 Å². The van der Waals surface area contributed by atoms with Gasteiger partial charge in [0.1, 0.15) is 5.82 Å². The minimum atomic E-state index is -0.730. The molecule has 2 aromatic rings. The van der Waals surface area contributed by atoms with E-state index in [2.05, 4.69) is 5.32 Å². The van der Waals surface area contributed by atoms with Crippen LogP contribution in [0.15, 0.2) is 18.2 Å². The number of halogens is 1. The van der Waals surface area contributed by atoms with E-state index in [1.807, 2.05) is 6.92 Å². The van der Waals surface area contributed by atoms with Crippen molar-refractivity contribution in [1.29, 1.82) is 0 Å². The molecular formula is C15H16FNO2S. The number of fused-ring (bicyclic) bond motifs is 1. The molecule has 0 bridgehead atoms. The quantitative estimate of drug-likeness (QED) is 0.914. The average molecular weight is 293 g/mol. The number of aryl methyl sites for hydroxylation is 1. The van der Waals surface area contributed by atoms with Crippen LogP contribution in [0.25, 0.3) is 10.1 Å². The summed E-state index contributed by atoms with van der Waals surface area (Å²) < 4.78 is 14.2. The predicted molar refractivity (Wildman–Crippen MR) is 77.7 cm³/mol. The molecule has 0 unspecified atom stereocenters. The molecule has 1 fully saturated rings. The minimum Gasteiger partial charge on any atom is -0.388 e. The molecule has 1 saturated carbocycles. The Labute approximate surface area is 120 Å². The zero-order valence-electron chi connectivity index (χ0n) is 11.2. The SMILES string of the molecule is Cc1c(C(=O)NCC2(O)CCC2)sc2ccc(F)cc12. The molecule has 1 aromatic heterocycles. The fraction of sp³-hybridized carbons (Fsp3) is 0.400. The van der Waals surface area contributed by atoms with Crippen LogP contribution in [0.2, 0.25) is 0 Å². The molecule has 1 aliphatic carbocycles. The molecule has 20 heavy (non-hydrogen) atoms. The van der Waals surface area contributed by atoms with E-state index in [1.54, 1.807) is 6.07 Å². The Balaban J connectivity index is 1.82. The minimum absolute atomic E-state index is 0.190. The van der Waals surface area contributed by atoms with Crippen molar-refractivity contribution < 1.29 is 14.3 Å². The normalized spacial score (nSPS) is 16.9.